The molecule has 0 bridgehead atoms. The van der Waals surface area contributed by atoms with Gasteiger partial charge in [-0.25, -0.2) is 8.42 Å². The largest absolute Gasteiger partial charge is 0.495 e. The van der Waals surface area contributed by atoms with Crippen molar-refractivity contribution in [1.82, 2.24) is 0 Å². The third kappa shape index (κ3) is 3.34. The molecule has 0 saturated carbocycles. The van der Waals surface area contributed by atoms with Gasteiger partial charge in [-0.3, -0.25) is 4.72 Å². The fourth-order valence-corrected chi connectivity index (χ4v) is 3.23. The number of rotatable bonds is 5. The monoisotopic (exact) mass is 306 g/mol. The van der Waals surface area contributed by atoms with Crippen molar-refractivity contribution in [2.45, 2.75) is 18.4 Å². The lowest BCUT2D eigenvalue weighted by Gasteiger charge is -2.15. The number of hydrogen-bond acceptors (Lipinski definition) is 4. The summed E-state index contributed by atoms with van der Waals surface area (Å²) in [4.78, 5) is 0.205. The first-order valence-electron chi connectivity index (χ1n) is 6.43. The topological polar surface area (TPSA) is 81.4 Å². The summed E-state index contributed by atoms with van der Waals surface area (Å²) in [6.45, 7) is 2.05. The van der Waals surface area contributed by atoms with Crippen molar-refractivity contribution in [2.75, 3.05) is 11.8 Å². The number of sulfonamides is 1. The summed E-state index contributed by atoms with van der Waals surface area (Å²) in [6.07, 6.45) is 0. The van der Waals surface area contributed by atoms with Crippen molar-refractivity contribution in [3.63, 3.8) is 0 Å². The van der Waals surface area contributed by atoms with Gasteiger partial charge in [0, 0.05) is 6.54 Å². The maximum atomic E-state index is 12.5. The second-order valence-electron chi connectivity index (χ2n) is 4.62. The van der Waals surface area contributed by atoms with Crippen molar-refractivity contribution >= 4 is 15.7 Å². The molecule has 3 N–H and O–H groups in total. The standard InChI is InChI=1S/C15H18N2O3S/c1-11-5-3-7-13(9-11)21(18,19)17-15-12(10-16)6-4-8-14(15)20-2/h3-9,17H,10,16H2,1-2H3. The van der Waals surface area contributed by atoms with Crippen LogP contribution < -0.4 is 15.2 Å². The molecule has 0 aliphatic heterocycles. The third-order valence-electron chi connectivity index (χ3n) is 3.09. The molecule has 0 fully saturated rings. The highest BCUT2D eigenvalue weighted by Crippen LogP contribution is 2.30. The number of para-hydroxylation sites is 1. The van der Waals surface area contributed by atoms with E-state index >= 15 is 0 Å². The Hall–Kier alpha value is -2.05. The van der Waals surface area contributed by atoms with E-state index in [1.807, 2.05) is 13.0 Å². The molecule has 6 heteroatoms. The van der Waals surface area contributed by atoms with Crippen LogP contribution in [0.2, 0.25) is 0 Å². The highest BCUT2D eigenvalue weighted by atomic mass is 32.2. The minimum atomic E-state index is -3.69. The molecule has 0 radical (unpaired) electrons. The zero-order valence-electron chi connectivity index (χ0n) is 12.0. The smallest absolute Gasteiger partial charge is 0.262 e. The van der Waals surface area contributed by atoms with Gasteiger partial charge in [0.05, 0.1) is 17.7 Å². The first-order chi connectivity index (χ1) is 9.97. The van der Waals surface area contributed by atoms with Crippen LogP contribution in [0.4, 0.5) is 5.69 Å². The summed E-state index contributed by atoms with van der Waals surface area (Å²) in [5, 5.41) is 0. The number of nitrogens with one attached hydrogen (secondary N) is 1. The number of anilines is 1. The molecule has 2 aromatic carbocycles. The van der Waals surface area contributed by atoms with Gasteiger partial charge in [-0.1, -0.05) is 24.3 Å². The Morgan fingerprint density at radius 2 is 1.90 bits per heavy atom. The summed E-state index contributed by atoms with van der Waals surface area (Å²) in [5.41, 5.74) is 7.59. The molecular weight excluding hydrogens is 288 g/mol. The molecule has 0 atom stereocenters. The SMILES string of the molecule is COc1cccc(CN)c1NS(=O)(=O)c1cccc(C)c1. The molecule has 0 unspecified atom stereocenters. The minimum absolute atomic E-state index is 0.205. The number of aryl methyl sites for hydroxylation is 1. The molecule has 2 aromatic rings. The van der Waals surface area contributed by atoms with E-state index in [-0.39, 0.29) is 11.4 Å². The average Bonchev–Trinajstić information content (AvgIpc) is 2.47. The number of nitrogens with two attached hydrogens (primary N) is 1. The van der Waals surface area contributed by atoms with E-state index < -0.39 is 10.0 Å². The second kappa shape index (κ2) is 6.15. The van der Waals surface area contributed by atoms with Crippen molar-refractivity contribution in [3.8, 4) is 5.75 Å². The van der Waals surface area contributed by atoms with Gasteiger partial charge in [0.2, 0.25) is 0 Å². The van der Waals surface area contributed by atoms with Crippen molar-refractivity contribution in [2.24, 2.45) is 5.73 Å². The Morgan fingerprint density at radius 1 is 1.19 bits per heavy atom. The second-order valence-corrected chi connectivity index (χ2v) is 6.30. The molecule has 2 rings (SSSR count). The fraction of sp³-hybridized carbons (Fsp3) is 0.200. The Morgan fingerprint density at radius 3 is 2.52 bits per heavy atom. The van der Waals surface area contributed by atoms with Gasteiger partial charge < -0.3 is 10.5 Å². The van der Waals surface area contributed by atoms with Crippen molar-refractivity contribution in [3.05, 3.63) is 53.6 Å². The van der Waals surface area contributed by atoms with Crippen LogP contribution in [-0.4, -0.2) is 15.5 Å². The van der Waals surface area contributed by atoms with Gasteiger partial charge in [-0.15, -0.1) is 0 Å². The zero-order chi connectivity index (χ0) is 15.5. The Balaban J connectivity index is 2.46. The quantitative estimate of drug-likeness (QED) is 0.888. The van der Waals surface area contributed by atoms with Crippen LogP contribution in [0.1, 0.15) is 11.1 Å². The van der Waals surface area contributed by atoms with E-state index in [2.05, 4.69) is 4.72 Å². The molecule has 0 heterocycles. The van der Waals surface area contributed by atoms with Gasteiger partial charge in [0.25, 0.3) is 10.0 Å². The number of benzene rings is 2. The van der Waals surface area contributed by atoms with E-state index in [4.69, 9.17) is 10.5 Å². The third-order valence-corrected chi connectivity index (χ3v) is 4.44. The van der Waals surface area contributed by atoms with E-state index in [0.717, 1.165) is 5.56 Å². The predicted octanol–water partition coefficient (Wildman–Crippen LogP) is 2.26. The van der Waals surface area contributed by atoms with Gasteiger partial charge in [0.15, 0.2) is 0 Å². The van der Waals surface area contributed by atoms with Gasteiger partial charge in [-0.05, 0) is 36.2 Å². The normalized spacial score (nSPS) is 11.2. The lowest BCUT2D eigenvalue weighted by atomic mass is 10.1. The first-order valence-corrected chi connectivity index (χ1v) is 7.91. The van der Waals surface area contributed by atoms with E-state index in [1.54, 1.807) is 36.4 Å². The fourth-order valence-electron chi connectivity index (χ4n) is 2.01. The summed E-state index contributed by atoms with van der Waals surface area (Å²) in [7, 11) is -2.20. The molecule has 21 heavy (non-hydrogen) atoms. The lowest BCUT2D eigenvalue weighted by Crippen LogP contribution is -2.16. The van der Waals surface area contributed by atoms with Crippen LogP contribution in [0.5, 0.6) is 5.75 Å². The summed E-state index contributed by atoms with van der Waals surface area (Å²) in [5.74, 6) is 0.439. The van der Waals surface area contributed by atoms with E-state index in [9.17, 15) is 8.42 Å². The lowest BCUT2D eigenvalue weighted by molar-refractivity contribution is 0.416. The molecule has 112 valence electrons. The highest BCUT2D eigenvalue weighted by molar-refractivity contribution is 7.92. The Bertz CT molecular complexity index is 720. The zero-order valence-corrected chi connectivity index (χ0v) is 12.8. The maximum Gasteiger partial charge on any atom is 0.262 e. The predicted molar refractivity (Wildman–Crippen MR) is 82.9 cm³/mol. The molecule has 0 saturated heterocycles. The van der Waals surface area contributed by atoms with Crippen LogP contribution in [0.3, 0.4) is 0 Å². The van der Waals surface area contributed by atoms with Crippen LogP contribution >= 0.6 is 0 Å². The van der Waals surface area contributed by atoms with Crippen molar-refractivity contribution < 1.29 is 13.2 Å². The molecular formula is C15H18N2O3S. The van der Waals surface area contributed by atoms with E-state index in [0.29, 0.717) is 17.0 Å². The Kier molecular flexibility index (Phi) is 4.50. The summed E-state index contributed by atoms with van der Waals surface area (Å²) >= 11 is 0. The Labute approximate surface area is 124 Å². The molecule has 0 spiro atoms. The maximum absolute atomic E-state index is 12.5. The van der Waals surface area contributed by atoms with Crippen LogP contribution in [-0.2, 0) is 16.6 Å². The highest BCUT2D eigenvalue weighted by Gasteiger charge is 2.18. The summed E-state index contributed by atoms with van der Waals surface area (Å²) in [6, 6.07) is 11.9. The van der Waals surface area contributed by atoms with Crippen LogP contribution in [0, 0.1) is 6.92 Å². The molecule has 0 aliphatic carbocycles. The average molecular weight is 306 g/mol. The van der Waals surface area contributed by atoms with Gasteiger partial charge in [0.1, 0.15) is 5.75 Å². The number of methoxy groups -OCH3 is 1. The van der Waals surface area contributed by atoms with E-state index in [1.165, 1.54) is 7.11 Å². The molecule has 0 aliphatic rings. The van der Waals surface area contributed by atoms with Crippen LogP contribution in [0.15, 0.2) is 47.4 Å². The van der Waals surface area contributed by atoms with Gasteiger partial charge in [-0.2, -0.15) is 0 Å². The number of hydrogen-bond donors (Lipinski definition) is 2. The number of ether oxygens (including phenoxy) is 1. The minimum Gasteiger partial charge on any atom is -0.495 e. The molecule has 5 nitrogen and oxygen atoms in total. The van der Waals surface area contributed by atoms with Gasteiger partial charge >= 0.3 is 0 Å². The molecule has 0 aromatic heterocycles. The van der Waals surface area contributed by atoms with Crippen molar-refractivity contribution in [1.29, 1.82) is 0 Å². The molecule has 0 amide bonds. The summed E-state index contributed by atoms with van der Waals surface area (Å²) < 4.78 is 32.7. The first kappa shape index (κ1) is 15.3. The van der Waals surface area contributed by atoms with Crippen LogP contribution in [0.25, 0.3) is 0 Å².